The first-order valence-electron chi connectivity index (χ1n) is 10.0. The van der Waals surface area contributed by atoms with E-state index in [-0.39, 0.29) is 47.8 Å². The van der Waals surface area contributed by atoms with E-state index in [4.69, 9.17) is 0 Å². The molecule has 3 aliphatic rings. The number of allylic oxidation sites excluding steroid dienone is 2. The highest BCUT2D eigenvalue weighted by molar-refractivity contribution is 6.07. The van der Waals surface area contributed by atoms with Crippen molar-refractivity contribution < 1.29 is 18.8 Å². The number of carbonyl (C=O) groups is 3. The van der Waals surface area contributed by atoms with Crippen LogP contribution in [0.15, 0.2) is 36.4 Å². The summed E-state index contributed by atoms with van der Waals surface area (Å²) in [6.45, 7) is 4.92. The van der Waals surface area contributed by atoms with Gasteiger partial charge in [-0.15, -0.1) is 0 Å². The van der Waals surface area contributed by atoms with Crippen LogP contribution in [0.25, 0.3) is 0 Å². The maximum absolute atomic E-state index is 13.4. The van der Waals surface area contributed by atoms with Crippen LogP contribution < -0.4 is 0 Å². The van der Waals surface area contributed by atoms with Crippen molar-refractivity contribution in [3.63, 3.8) is 0 Å². The number of amides is 3. The van der Waals surface area contributed by atoms with Gasteiger partial charge in [-0.2, -0.15) is 0 Å². The molecule has 5 unspecified atom stereocenters. The van der Waals surface area contributed by atoms with Crippen LogP contribution >= 0.6 is 0 Å². The Morgan fingerprint density at radius 2 is 1.61 bits per heavy atom. The second-order valence-corrected chi connectivity index (χ2v) is 7.88. The highest BCUT2D eigenvalue weighted by Crippen LogP contribution is 2.54. The molecule has 5 nitrogen and oxygen atoms in total. The number of hydrogen-bond acceptors (Lipinski definition) is 3. The molecule has 28 heavy (non-hydrogen) atoms. The smallest absolute Gasteiger partial charge is 0.234 e. The average Bonchev–Trinajstić information content (AvgIpc) is 3.36. The van der Waals surface area contributed by atoms with Crippen LogP contribution in [0.1, 0.15) is 38.3 Å². The van der Waals surface area contributed by atoms with E-state index in [2.05, 4.69) is 12.2 Å². The van der Waals surface area contributed by atoms with Gasteiger partial charge in [0, 0.05) is 13.1 Å². The fourth-order valence-corrected chi connectivity index (χ4v) is 5.15. The average molecular weight is 384 g/mol. The molecule has 0 aromatic heterocycles. The van der Waals surface area contributed by atoms with Crippen LogP contribution in [0.2, 0.25) is 0 Å². The third-order valence-electron chi connectivity index (χ3n) is 6.56. The molecule has 4 rings (SSSR count). The molecule has 1 saturated heterocycles. The number of imide groups is 1. The summed E-state index contributed by atoms with van der Waals surface area (Å²) in [6.07, 6.45) is 4.98. The van der Waals surface area contributed by atoms with Crippen molar-refractivity contribution in [1.29, 1.82) is 0 Å². The number of halogens is 1. The van der Waals surface area contributed by atoms with Crippen molar-refractivity contribution in [1.82, 2.24) is 9.80 Å². The molecule has 6 heteroatoms. The van der Waals surface area contributed by atoms with Crippen LogP contribution in [0, 0.1) is 29.5 Å². The van der Waals surface area contributed by atoms with E-state index in [0.29, 0.717) is 18.7 Å². The van der Waals surface area contributed by atoms with E-state index < -0.39 is 11.9 Å². The summed E-state index contributed by atoms with van der Waals surface area (Å²) in [5.74, 6) is -1.27. The molecule has 0 radical (unpaired) electrons. The Hall–Kier alpha value is -2.50. The Labute approximate surface area is 164 Å². The molecule has 3 amide bonds. The van der Waals surface area contributed by atoms with Gasteiger partial charge in [0.2, 0.25) is 17.7 Å². The maximum atomic E-state index is 13.4. The van der Waals surface area contributed by atoms with E-state index >= 15 is 0 Å². The van der Waals surface area contributed by atoms with Gasteiger partial charge in [-0.1, -0.05) is 24.3 Å². The molecule has 2 bridgehead atoms. The Morgan fingerprint density at radius 3 is 2.11 bits per heavy atom. The van der Waals surface area contributed by atoms with E-state index in [9.17, 15) is 18.8 Å². The SMILES string of the molecule is CCN(CC)C(=O)CC(c1ccc(F)cc1)N1C(=O)C2C3C=CC(C3)C2C1=O. The lowest BCUT2D eigenvalue weighted by atomic mass is 9.85. The summed E-state index contributed by atoms with van der Waals surface area (Å²) in [6, 6.07) is 5.05. The number of hydrogen-bond donors (Lipinski definition) is 0. The van der Waals surface area contributed by atoms with E-state index in [1.54, 1.807) is 17.0 Å². The quantitative estimate of drug-likeness (QED) is 0.560. The Bertz CT molecular complexity index is 801. The molecule has 1 saturated carbocycles. The normalized spacial score (nSPS) is 28.8. The molecule has 1 aliphatic heterocycles. The van der Waals surface area contributed by atoms with Crippen LogP contribution in [0.5, 0.6) is 0 Å². The summed E-state index contributed by atoms with van der Waals surface area (Å²) in [7, 11) is 0. The van der Waals surface area contributed by atoms with Crippen LogP contribution in [0.4, 0.5) is 4.39 Å². The first-order chi connectivity index (χ1) is 13.5. The lowest BCUT2D eigenvalue weighted by molar-refractivity contribution is -0.145. The number of rotatable bonds is 6. The van der Waals surface area contributed by atoms with Crippen LogP contribution in [-0.2, 0) is 14.4 Å². The molecule has 148 valence electrons. The van der Waals surface area contributed by atoms with Gasteiger partial charge in [0.25, 0.3) is 0 Å². The van der Waals surface area contributed by atoms with Crippen molar-refractivity contribution in [2.24, 2.45) is 23.7 Å². The minimum atomic E-state index is -0.696. The van der Waals surface area contributed by atoms with Gasteiger partial charge in [0.1, 0.15) is 5.82 Å². The lowest BCUT2D eigenvalue weighted by Gasteiger charge is -2.30. The molecular formula is C22H25FN2O3. The van der Waals surface area contributed by atoms with Gasteiger partial charge in [0.15, 0.2) is 0 Å². The van der Waals surface area contributed by atoms with E-state index in [0.717, 1.165) is 6.42 Å². The lowest BCUT2D eigenvalue weighted by Crippen LogP contribution is -2.40. The van der Waals surface area contributed by atoms with E-state index in [1.165, 1.54) is 17.0 Å². The number of carbonyl (C=O) groups excluding carboxylic acids is 3. The largest absolute Gasteiger partial charge is 0.343 e. The van der Waals surface area contributed by atoms with Gasteiger partial charge in [-0.05, 0) is 49.8 Å². The van der Waals surface area contributed by atoms with Crippen molar-refractivity contribution in [2.45, 2.75) is 32.7 Å². The fourth-order valence-electron chi connectivity index (χ4n) is 5.15. The summed E-state index contributed by atoms with van der Waals surface area (Å²) < 4.78 is 13.4. The molecule has 1 aromatic carbocycles. The van der Waals surface area contributed by atoms with Crippen LogP contribution in [-0.4, -0.2) is 40.6 Å². The predicted octanol–water partition coefficient (Wildman–Crippen LogP) is 2.93. The second kappa shape index (κ2) is 7.15. The highest BCUT2D eigenvalue weighted by atomic mass is 19.1. The topological polar surface area (TPSA) is 57.7 Å². The third kappa shape index (κ3) is 2.86. The summed E-state index contributed by atoms with van der Waals surface area (Å²) >= 11 is 0. The van der Waals surface area contributed by atoms with Gasteiger partial charge >= 0.3 is 0 Å². The molecule has 2 aliphatic carbocycles. The maximum Gasteiger partial charge on any atom is 0.234 e. The Morgan fingerprint density at radius 1 is 1.07 bits per heavy atom. The number of nitrogens with zero attached hydrogens (tertiary/aromatic N) is 2. The zero-order valence-electron chi connectivity index (χ0n) is 16.2. The molecule has 1 heterocycles. The van der Waals surface area contributed by atoms with Crippen LogP contribution in [0.3, 0.4) is 0 Å². The molecule has 0 spiro atoms. The van der Waals surface area contributed by atoms with Crippen molar-refractivity contribution in [2.75, 3.05) is 13.1 Å². The van der Waals surface area contributed by atoms with Gasteiger partial charge in [-0.25, -0.2) is 4.39 Å². The van der Waals surface area contributed by atoms with Gasteiger partial charge < -0.3 is 4.90 Å². The second-order valence-electron chi connectivity index (χ2n) is 7.88. The van der Waals surface area contributed by atoms with E-state index in [1.807, 2.05) is 13.8 Å². The third-order valence-corrected chi connectivity index (χ3v) is 6.56. The van der Waals surface area contributed by atoms with Crippen molar-refractivity contribution in [3.05, 3.63) is 47.8 Å². The molecule has 1 aromatic rings. The minimum absolute atomic E-state index is 0.0208. The monoisotopic (exact) mass is 384 g/mol. The minimum Gasteiger partial charge on any atom is -0.343 e. The van der Waals surface area contributed by atoms with Crippen molar-refractivity contribution >= 4 is 17.7 Å². The molecule has 0 N–H and O–H groups in total. The predicted molar refractivity (Wildman–Crippen MR) is 101 cm³/mol. The van der Waals surface area contributed by atoms with Crippen molar-refractivity contribution in [3.8, 4) is 0 Å². The number of fused-ring (bicyclic) bond motifs is 5. The summed E-state index contributed by atoms with van der Waals surface area (Å²) in [5.41, 5.74) is 0.615. The number of likely N-dealkylation sites (tertiary alicyclic amines) is 1. The summed E-state index contributed by atoms with van der Waals surface area (Å²) in [4.78, 5) is 42.3. The molecule has 5 atom stereocenters. The number of benzene rings is 1. The molecule has 2 fully saturated rings. The molecular weight excluding hydrogens is 359 g/mol. The Balaban J connectivity index is 1.67. The first kappa shape index (κ1) is 18.8. The zero-order valence-corrected chi connectivity index (χ0v) is 16.2. The summed E-state index contributed by atoms with van der Waals surface area (Å²) in [5, 5.41) is 0. The van der Waals surface area contributed by atoms with Gasteiger partial charge in [0.05, 0.1) is 24.3 Å². The first-order valence-corrected chi connectivity index (χ1v) is 10.0. The Kier molecular flexibility index (Phi) is 4.81. The van der Waals surface area contributed by atoms with Gasteiger partial charge in [-0.3, -0.25) is 19.3 Å². The zero-order chi connectivity index (χ0) is 20.0. The highest BCUT2D eigenvalue weighted by Gasteiger charge is 2.60. The standard InChI is InChI=1S/C22H25FN2O3/c1-3-24(4-2)18(26)12-17(13-7-9-16(23)10-8-13)25-21(27)19-14-5-6-15(11-14)20(19)22(25)28/h5-10,14-15,17,19-20H,3-4,11-12H2,1-2H3. The fraction of sp³-hybridized carbons (Fsp3) is 0.500.